The zero-order chi connectivity index (χ0) is 28.1. The topological polar surface area (TPSA) is 79.7 Å². The molecular weight excluding hydrogens is 500 g/mol. The highest BCUT2D eigenvalue weighted by Crippen LogP contribution is 2.42. The van der Waals surface area contributed by atoms with Gasteiger partial charge in [-0.1, -0.05) is 61.9 Å². The number of benzene rings is 3. The number of rotatable bonds is 9. The second-order valence-electron chi connectivity index (χ2n) is 9.95. The number of hydrogen-bond acceptors (Lipinski definition) is 5. The summed E-state index contributed by atoms with van der Waals surface area (Å²) in [5.41, 5.74) is 4.53. The van der Waals surface area contributed by atoms with Crippen molar-refractivity contribution in [3.63, 3.8) is 0 Å². The number of Topliss-reactive ketones (excluding diaryl/α,β-unsaturated/α-hetero) is 1. The van der Waals surface area contributed by atoms with Crippen LogP contribution < -0.4 is 9.64 Å². The molecule has 0 radical (unpaired) electrons. The predicted octanol–water partition coefficient (Wildman–Crippen LogP) is 6.94. The lowest BCUT2D eigenvalue weighted by Crippen LogP contribution is -2.29. The number of aryl methyl sites for hydroxylation is 2. The summed E-state index contributed by atoms with van der Waals surface area (Å²) in [5.74, 6) is -1.01. The highest BCUT2D eigenvalue weighted by atomic mass is 16.5. The van der Waals surface area contributed by atoms with Crippen molar-refractivity contribution in [3.05, 3.63) is 131 Å². The van der Waals surface area contributed by atoms with Crippen molar-refractivity contribution in [1.29, 1.82) is 0 Å². The Hall–Kier alpha value is -4.71. The number of hydrogen-bond donors (Lipinski definition) is 1. The highest BCUT2D eigenvalue weighted by Gasteiger charge is 2.47. The van der Waals surface area contributed by atoms with Gasteiger partial charge in [-0.15, -0.1) is 0 Å². The van der Waals surface area contributed by atoms with E-state index >= 15 is 0 Å². The third-order valence-corrected chi connectivity index (χ3v) is 7.13. The lowest BCUT2D eigenvalue weighted by atomic mass is 9.97. The molecular formula is C34H32N2O4. The number of aliphatic hydroxyl groups is 1. The molecule has 1 aromatic heterocycles. The van der Waals surface area contributed by atoms with Gasteiger partial charge >= 0.3 is 0 Å². The van der Waals surface area contributed by atoms with Crippen LogP contribution >= 0.6 is 0 Å². The van der Waals surface area contributed by atoms with Gasteiger partial charge < -0.3 is 9.84 Å². The van der Waals surface area contributed by atoms with E-state index in [4.69, 9.17) is 4.74 Å². The van der Waals surface area contributed by atoms with Gasteiger partial charge in [0.1, 0.15) is 24.2 Å². The molecule has 1 atom stereocenters. The van der Waals surface area contributed by atoms with E-state index in [9.17, 15) is 14.7 Å². The van der Waals surface area contributed by atoms with Gasteiger partial charge in [-0.05, 0) is 78.9 Å². The van der Waals surface area contributed by atoms with Crippen LogP contribution in [-0.4, -0.2) is 21.8 Å². The van der Waals surface area contributed by atoms with Crippen LogP contribution in [0.25, 0.3) is 5.76 Å². The number of carbonyl (C=O) groups excluding carboxylic acids is 2. The van der Waals surface area contributed by atoms with Crippen molar-refractivity contribution < 1.29 is 19.4 Å². The zero-order valence-corrected chi connectivity index (χ0v) is 22.7. The van der Waals surface area contributed by atoms with Gasteiger partial charge in [-0.2, -0.15) is 0 Å². The van der Waals surface area contributed by atoms with Gasteiger partial charge in [0.2, 0.25) is 0 Å². The normalized spacial score (nSPS) is 16.4. The van der Waals surface area contributed by atoms with E-state index in [0.717, 1.165) is 30.4 Å². The van der Waals surface area contributed by atoms with Crippen molar-refractivity contribution in [2.75, 3.05) is 4.90 Å². The van der Waals surface area contributed by atoms with Crippen LogP contribution in [0.3, 0.4) is 0 Å². The van der Waals surface area contributed by atoms with Gasteiger partial charge in [0.05, 0.1) is 11.3 Å². The number of ether oxygens (including phenoxy) is 1. The SMILES string of the molecule is CCCCc1ccc(N2C(=O)C(=O)/C(=C(\O)c3ccc(OCc4ccccc4)c(C)c3)C2c2ccccn2)cc1. The fraction of sp³-hybridized carbons (Fsp3) is 0.206. The number of anilines is 1. The van der Waals surface area contributed by atoms with Gasteiger partial charge in [0.25, 0.3) is 11.7 Å². The number of amides is 1. The Morgan fingerprint density at radius 3 is 2.35 bits per heavy atom. The summed E-state index contributed by atoms with van der Waals surface area (Å²) in [6.07, 6.45) is 4.74. The fourth-order valence-corrected chi connectivity index (χ4v) is 4.97. The van der Waals surface area contributed by atoms with E-state index in [0.29, 0.717) is 29.3 Å². The number of aromatic nitrogens is 1. The monoisotopic (exact) mass is 532 g/mol. The summed E-state index contributed by atoms with van der Waals surface area (Å²) in [4.78, 5) is 32.8. The van der Waals surface area contributed by atoms with Crippen LogP contribution in [0.2, 0.25) is 0 Å². The van der Waals surface area contributed by atoms with E-state index in [-0.39, 0.29) is 11.3 Å². The van der Waals surface area contributed by atoms with Crippen LogP contribution in [0.1, 0.15) is 53.8 Å². The first-order chi connectivity index (χ1) is 19.5. The smallest absolute Gasteiger partial charge is 0.300 e. The molecule has 1 aliphatic rings. The predicted molar refractivity (Wildman–Crippen MR) is 156 cm³/mol. The average molecular weight is 533 g/mol. The van der Waals surface area contributed by atoms with Crippen molar-refractivity contribution in [2.45, 2.75) is 45.8 Å². The molecule has 1 unspecified atom stereocenters. The number of pyridine rings is 1. The maximum Gasteiger partial charge on any atom is 0.300 e. The largest absolute Gasteiger partial charge is 0.507 e. The number of unbranched alkanes of at least 4 members (excludes halogenated alkanes) is 1. The first-order valence-corrected chi connectivity index (χ1v) is 13.6. The molecule has 3 aromatic carbocycles. The summed E-state index contributed by atoms with van der Waals surface area (Å²) in [7, 11) is 0. The van der Waals surface area contributed by atoms with Crippen molar-refractivity contribution in [3.8, 4) is 5.75 Å². The fourth-order valence-electron chi connectivity index (χ4n) is 4.97. The zero-order valence-electron chi connectivity index (χ0n) is 22.7. The van der Waals surface area contributed by atoms with E-state index in [1.807, 2.05) is 61.5 Å². The summed E-state index contributed by atoms with van der Waals surface area (Å²) in [6, 6.07) is 27.3. The maximum absolute atomic E-state index is 13.4. The summed E-state index contributed by atoms with van der Waals surface area (Å²) in [6.45, 7) is 4.44. The lowest BCUT2D eigenvalue weighted by Gasteiger charge is -2.25. The Bertz CT molecular complexity index is 1530. The van der Waals surface area contributed by atoms with E-state index in [1.165, 1.54) is 10.5 Å². The molecule has 1 fully saturated rings. The minimum absolute atomic E-state index is 0.0103. The summed E-state index contributed by atoms with van der Waals surface area (Å²) in [5, 5.41) is 11.5. The van der Waals surface area contributed by atoms with Crippen LogP contribution in [0.15, 0.2) is 103 Å². The molecule has 1 saturated heterocycles. The third-order valence-electron chi connectivity index (χ3n) is 7.13. The summed E-state index contributed by atoms with van der Waals surface area (Å²) < 4.78 is 5.98. The second-order valence-corrected chi connectivity index (χ2v) is 9.95. The number of nitrogens with zero attached hydrogens (tertiary/aromatic N) is 2. The third kappa shape index (κ3) is 5.52. The first kappa shape index (κ1) is 26.9. The first-order valence-electron chi connectivity index (χ1n) is 13.6. The molecule has 202 valence electrons. The van der Waals surface area contributed by atoms with E-state index < -0.39 is 17.7 Å². The molecule has 0 saturated carbocycles. The summed E-state index contributed by atoms with van der Waals surface area (Å²) >= 11 is 0. The molecule has 40 heavy (non-hydrogen) atoms. The van der Waals surface area contributed by atoms with Crippen molar-refractivity contribution in [1.82, 2.24) is 4.98 Å². The Morgan fingerprint density at radius 1 is 0.925 bits per heavy atom. The Labute approximate surface area is 234 Å². The van der Waals surface area contributed by atoms with Crippen molar-refractivity contribution in [2.24, 2.45) is 0 Å². The lowest BCUT2D eigenvalue weighted by molar-refractivity contribution is -0.132. The second kappa shape index (κ2) is 12.0. The van der Waals surface area contributed by atoms with Crippen LogP contribution in [0.4, 0.5) is 5.69 Å². The molecule has 5 rings (SSSR count). The van der Waals surface area contributed by atoms with Gasteiger partial charge in [-0.25, -0.2) is 0 Å². The van der Waals surface area contributed by atoms with E-state index in [2.05, 4.69) is 11.9 Å². The standard InChI is InChI=1S/C34H32N2O4/c1-3-4-10-24-14-17-27(18-15-24)36-31(28-13-8-9-20-35-28)30(33(38)34(36)39)32(37)26-16-19-29(23(2)21-26)40-22-25-11-6-5-7-12-25/h5-9,11-21,31,37H,3-4,10,22H2,1-2H3/b32-30-. The molecule has 1 amide bonds. The molecule has 0 spiro atoms. The van der Waals surface area contributed by atoms with E-state index in [1.54, 1.807) is 42.6 Å². The molecule has 1 aliphatic heterocycles. The Morgan fingerprint density at radius 2 is 1.68 bits per heavy atom. The van der Waals surface area contributed by atoms with Crippen LogP contribution in [-0.2, 0) is 22.6 Å². The minimum Gasteiger partial charge on any atom is -0.507 e. The average Bonchev–Trinajstić information content (AvgIpc) is 3.26. The molecule has 6 heteroatoms. The van der Waals surface area contributed by atoms with Crippen LogP contribution in [0, 0.1) is 6.92 Å². The van der Waals surface area contributed by atoms with Gasteiger partial charge in [-0.3, -0.25) is 19.5 Å². The van der Waals surface area contributed by atoms with Gasteiger partial charge in [0, 0.05) is 17.4 Å². The number of aliphatic hydroxyl groups excluding tert-OH is 1. The maximum atomic E-state index is 13.4. The molecule has 6 nitrogen and oxygen atoms in total. The van der Waals surface area contributed by atoms with Crippen LogP contribution in [0.5, 0.6) is 5.75 Å². The molecule has 4 aromatic rings. The Kier molecular flexibility index (Phi) is 8.06. The molecule has 0 aliphatic carbocycles. The minimum atomic E-state index is -0.864. The number of ketones is 1. The Balaban J connectivity index is 1.51. The molecule has 0 bridgehead atoms. The van der Waals surface area contributed by atoms with Crippen molar-refractivity contribution >= 4 is 23.1 Å². The molecule has 1 N–H and O–H groups in total. The quantitative estimate of drug-likeness (QED) is 0.144. The highest BCUT2D eigenvalue weighted by molar-refractivity contribution is 6.51. The molecule has 2 heterocycles. The number of carbonyl (C=O) groups is 2. The van der Waals surface area contributed by atoms with Gasteiger partial charge in [0.15, 0.2) is 0 Å².